The number of imide groups is 1. The summed E-state index contributed by atoms with van der Waals surface area (Å²) in [5.74, 6) is -0.363. The Hall–Kier alpha value is -1.43. The monoisotopic (exact) mass is 239 g/mol. The third kappa shape index (κ3) is 2.57. The minimum absolute atomic E-state index is 0.293. The van der Waals surface area contributed by atoms with E-state index in [0.717, 1.165) is 43.9 Å². The van der Waals surface area contributed by atoms with Gasteiger partial charge in [-0.2, -0.15) is 0 Å². The fourth-order valence-corrected chi connectivity index (χ4v) is 2.16. The second-order valence-corrected chi connectivity index (χ2v) is 4.52. The molecule has 0 aromatic carbocycles. The number of amides is 3. The number of nitrogens with one attached hydrogen (secondary N) is 1. The Morgan fingerprint density at radius 1 is 1.31 bits per heavy atom. The Morgan fingerprint density at radius 2 is 2.06 bits per heavy atom. The number of rotatable bonds is 1. The summed E-state index contributed by atoms with van der Waals surface area (Å²) in [6.45, 7) is 1.48. The van der Waals surface area contributed by atoms with Crippen molar-refractivity contribution in [3.8, 4) is 0 Å². The SMILES string of the molecule is O=C(NC(=O)N1CCCCC1)c1ccns1. The Balaban J connectivity index is 1.89. The summed E-state index contributed by atoms with van der Waals surface area (Å²) in [5, 5.41) is 2.37. The van der Waals surface area contributed by atoms with Crippen LogP contribution in [-0.4, -0.2) is 34.3 Å². The Labute approximate surface area is 97.6 Å². The van der Waals surface area contributed by atoms with Gasteiger partial charge in [-0.3, -0.25) is 10.1 Å². The van der Waals surface area contributed by atoms with Crippen LogP contribution in [0.15, 0.2) is 12.3 Å². The summed E-state index contributed by atoms with van der Waals surface area (Å²) in [5.41, 5.74) is 0. The van der Waals surface area contributed by atoms with Crippen LogP contribution in [0.3, 0.4) is 0 Å². The second kappa shape index (κ2) is 5.07. The molecule has 1 fully saturated rings. The van der Waals surface area contributed by atoms with Gasteiger partial charge in [-0.05, 0) is 36.9 Å². The van der Waals surface area contributed by atoms with Gasteiger partial charge in [0.2, 0.25) is 0 Å². The molecule has 0 atom stereocenters. The van der Waals surface area contributed by atoms with Crippen molar-refractivity contribution in [1.29, 1.82) is 0 Å². The van der Waals surface area contributed by atoms with E-state index < -0.39 is 0 Å². The standard InChI is InChI=1S/C10H13N3O2S/c14-9(8-4-5-11-16-8)12-10(15)13-6-2-1-3-7-13/h4-5H,1-3,6-7H2,(H,12,14,15). The molecule has 0 bridgehead atoms. The summed E-state index contributed by atoms with van der Waals surface area (Å²) >= 11 is 1.09. The van der Waals surface area contributed by atoms with Gasteiger partial charge in [0.25, 0.3) is 5.91 Å². The summed E-state index contributed by atoms with van der Waals surface area (Å²) in [6.07, 6.45) is 4.74. The highest BCUT2D eigenvalue weighted by Crippen LogP contribution is 2.09. The van der Waals surface area contributed by atoms with E-state index in [2.05, 4.69) is 9.69 Å². The lowest BCUT2D eigenvalue weighted by Crippen LogP contribution is -2.44. The average Bonchev–Trinajstić information content (AvgIpc) is 2.83. The third-order valence-electron chi connectivity index (χ3n) is 2.53. The zero-order valence-corrected chi connectivity index (χ0v) is 9.63. The summed E-state index contributed by atoms with van der Waals surface area (Å²) in [4.78, 5) is 25.4. The quantitative estimate of drug-likeness (QED) is 0.807. The minimum atomic E-state index is -0.363. The topological polar surface area (TPSA) is 62.3 Å². The molecule has 0 unspecified atom stereocenters. The molecule has 1 saturated heterocycles. The lowest BCUT2D eigenvalue weighted by Gasteiger charge is -2.26. The molecule has 3 amide bonds. The smallest absolute Gasteiger partial charge is 0.324 e. The molecular weight excluding hydrogens is 226 g/mol. The Bertz CT molecular complexity index is 371. The zero-order chi connectivity index (χ0) is 11.4. The molecule has 1 aromatic heterocycles. The molecule has 1 aliphatic rings. The molecule has 0 aliphatic carbocycles. The van der Waals surface area contributed by atoms with Crippen molar-refractivity contribution in [3.05, 3.63) is 17.1 Å². The van der Waals surface area contributed by atoms with E-state index in [-0.39, 0.29) is 11.9 Å². The molecule has 0 radical (unpaired) electrons. The number of carbonyl (C=O) groups excluding carboxylic acids is 2. The van der Waals surface area contributed by atoms with E-state index in [1.807, 2.05) is 0 Å². The number of piperidine rings is 1. The maximum Gasteiger partial charge on any atom is 0.324 e. The summed E-state index contributed by atoms with van der Waals surface area (Å²) in [7, 11) is 0. The van der Waals surface area contributed by atoms with Gasteiger partial charge in [-0.25, -0.2) is 9.17 Å². The van der Waals surface area contributed by atoms with Gasteiger partial charge in [-0.15, -0.1) is 0 Å². The first-order valence-electron chi connectivity index (χ1n) is 5.28. The third-order valence-corrected chi connectivity index (χ3v) is 3.27. The lowest BCUT2D eigenvalue weighted by atomic mass is 10.1. The van der Waals surface area contributed by atoms with Gasteiger partial charge in [-0.1, -0.05) is 0 Å². The number of urea groups is 1. The van der Waals surface area contributed by atoms with Gasteiger partial charge in [0.15, 0.2) is 0 Å². The number of nitrogens with zero attached hydrogens (tertiary/aromatic N) is 2. The van der Waals surface area contributed by atoms with Gasteiger partial charge >= 0.3 is 6.03 Å². The van der Waals surface area contributed by atoms with E-state index in [1.165, 1.54) is 0 Å². The first-order chi connectivity index (χ1) is 7.77. The predicted octanol–water partition coefficient (Wildman–Crippen LogP) is 1.48. The highest BCUT2D eigenvalue weighted by Gasteiger charge is 2.19. The fourth-order valence-electron chi connectivity index (χ4n) is 1.67. The molecule has 6 heteroatoms. The van der Waals surface area contributed by atoms with Crippen LogP contribution < -0.4 is 5.32 Å². The molecule has 5 nitrogen and oxygen atoms in total. The highest BCUT2D eigenvalue weighted by atomic mass is 32.1. The van der Waals surface area contributed by atoms with E-state index in [9.17, 15) is 9.59 Å². The number of aromatic nitrogens is 1. The Morgan fingerprint density at radius 3 is 2.69 bits per heavy atom. The van der Waals surface area contributed by atoms with Crippen molar-refractivity contribution < 1.29 is 9.59 Å². The molecule has 0 saturated carbocycles. The Kier molecular flexibility index (Phi) is 3.51. The van der Waals surface area contributed by atoms with Crippen molar-refractivity contribution in [2.24, 2.45) is 0 Å². The van der Waals surface area contributed by atoms with E-state index in [1.54, 1.807) is 17.2 Å². The maximum atomic E-state index is 11.7. The van der Waals surface area contributed by atoms with E-state index in [4.69, 9.17) is 0 Å². The molecular formula is C10H13N3O2S. The fraction of sp³-hybridized carbons (Fsp3) is 0.500. The predicted molar refractivity (Wildman–Crippen MR) is 60.4 cm³/mol. The average molecular weight is 239 g/mol. The van der Waals surface area contributed by atoms with Crippen LogP contribution in [0.25, 0.3) is 0 Å². The zero-order valence-electron chi connectivity index (χ0n) is 8.81. The summed E-state index contributed by atoms with van der Waals surface area (Å²) in [6, 6.07) is 1.31. The molecule has 2 rings (SSSR count). The molecule has 16 heavy (non-hydrogen) atoms. The van der Waals surface area contributed by atoms with Gasteiger partial charge in [0, 0.05) is 19.3 Å². The van der Waals surface area contributed by atoms with Crippen LogP contribution in [0.5, 0.6) is 0 Å². The highest BCUT2D eigenvalue weighted by molar-refractivity contribution is 7.08. The molecule has 86 valence electrons. The lowest BCUT2D eigenvalue weighted by molar-refractivity contribution is 0.0952. The number of hydrogen-bond acceptors (Lipinski definition) is 4. The maximum absolute atomic E-state index is 11.7. The van der Waals surface area contributed by atoms with Crippen LogP contribution in [0.4, 0.5) is 4.79 Å². The molecule has 1 aliphatic heterocycles. The molecule has 1 aromatic rings. The van der Waals surface area contributed by atoms with Crippen molar-refractivity contribution in [2.75, 3.05) is 13.1 Å². The molecule has 2 heterocycles. The van der Waals surface area contributed by atoms with Crippen molar-refractivity contribution in [1.82, 2.24) is 14.6 Å². The first kappa shape index (κ1) is 11.1. The van der Waals surface area contributed by atoms with Crippen LogP contribution in [0, 0.1) is 0 Å². The largest absolute Gasteiger partial charge is 0.324 e. The number of carbonyl (C=O) groups is 2. The van der Waals surface area contributed by atoms with Gasteiger partial charge in [0.05, 0.1) is 0 Å². The number of likely N-dealkylation sites (tertiary alicyclic amines) is 1. The van der Waals surface area contributed by atoms with Crippen molar-refractivity contribution in [2.45, 2.75) is 19.3 Å². The molecule has 0 spiro atoms. The van der Waals surface area contributed by atoms with Crippen LogP contribution in [0.1, 0.15) is 28.9 Å². The second-order valence-electron chi connectivity index (χ2n) is 3.68. The van der Waals surface area contributed by atoms with Crippen molar-refractivity contribution >= 4 is 23.5 Å². The minimum Gasteiger partial charge on any atom is -0.324 e. The van der Waals surface area contributed by atoms with E-state index >= 15 is 0 Å². The first-order valence-corrected chi connectivity index (χ1v) is 6.05. The number of hydrogen-bond donors (Lipinski definition) is 1. The summed E-state index contributed by atoms with van der Waals surface area (Å²) < 4.78 is 3.82. The van der Waals surface area contributed by atoms with Gasteiger partial charge < -0.3 is 4.90 Å². The van der Waals surface area contributed by atoms with Crippen LogP contribution in [-0.2, 0) is 0 Å². The van der Waals surface area contributed by atoms with E-state index in [0.29, 0.717) is 4.88 Å². The van der Waals surface area contributed by atoms with Crippen LogP contribution >= 0.6 is 11.5 Å². The normalized spacial score (nSPS) is 15.9. The van der Waals surface area contributed by atoms with Crippen LogP contribution in [0.2, 0.25) is 0 Å². The molecule has 1 N–H and O–H groups in total. The van der Waals surface area contributed by atoms with Gasteiger partial charge in [0.1, 0.15) is 4.88 Å². The van der Waals surface area contributed by atoms with Crippen molar-refractivity contribution in [3.63, 3.8) is 0 Å².